The van der Waals surface area contributed by atoms with Crippen LogP contribution in [-0.4, -0.2) is 44.1 Å². The van der Waals surface area contributed by atoms with Gasteiger partial charge in [0.25, 0.3) is 0 Å². The molecule has 0 spiro atoms. The van der Waals surface area contributed by atoms with Crippen LogP contribution >= 0.6 is 0 Å². The normalized spacial score (nSPS) is 22.9. The van der Waals surface area contributed by atoms with Gasteiger partial charge in [-0.05, 0) is 32.3 Å². The quantitative estimate of drug-likeness (QED) is 0.606. The second-order valence-corrected chi connectivity index (χ2v) is 4.10. The van der Waals surface area contributed by atoms with Crippen molar-refractivity contribution in [2.75, 3.05) is 26.1 Å². The first-order chi connectivity index (χ1) is 7.01. The third-order valence-corrected chi connectivity index (χ3v) is 2.49. The van der Waals surface area contributed by atoms with Crippen LogP contribution in [0.2, 0.25) is 0 Å². The van der Waals surface area contributed by atoms with E-state index in [1.54, 1.807) is 0 Å². The molecule has 0 bridgehead atoms. The molecule has 1 fully saturated rings. The second kappa shape index (κ2) is 8.50. The van der Waals surface area contributed by atoms with Crippen molar-refractivity contribution in [1.82, 2.24) is 4.90 Å². The van der Waals surface area contributed by atoms with Crippen molar-refractivity contribution in [2.45, 2.75) is 32.3 Å². The van der Waals surface area contributed by atoms with Crippen molar-refractivity contribution in [3.8, 4) is 0 Å². The third-order valence-electron chi connectivity index (χ3n) is 2.49. The van der Waals surface area contributed by atoms with Gasteiger partial charge in [-0.15, -0.1) is 0 Å². The largest absolute Gasteiger partial charge is 1.00 e. The summed E-state index contributed by atoms with van der Waals surface area (Å²) in [7, 11) is 0. The molecule has 1 atom stereocenters. The fourth-order valence-electron chi connectivity index (χ4n) is 1.89. The van der Waals surface area contributed by atoms with Gasteiger partial charge in [-0.2, -0.15) is 0 Å². The molecule has 0 amide bonds. The molecule has 0 aromatic heterocycles. The van der Waals surface area contributed by atoms with Crippen LogP contribution in [0.4, 0.5) is 12.9 Å². The minimum Gasteiger partial charge on any atom is -0.448 e. The minimum absolute atomic E-state index is 0. The number of hydrogen-bond donors (Lipinski definition) is 0. The van der Waals surface area contributed by atoms with Gasteiger partial charge < -0.3 is 22.6 Å². The zero-order valence-corrected chi connectivity index (χ0v) is 13.2. The Hall–Kier alpha value is 1.41. The zero-order valence-electron chi connectivity index (χ0n) is 10.1. The Morgan fingerprint density at radius 1 is 1.38 bits per heavy atom. The molecule has 0 saturated carbocycles. The Balaban J connectivity index is 0.00000225. The molecule has 7 heteroatoms. The number of halogens is 3. The van der Waals surface area contributed by atoms with Gasteiger partial charge in [-0.3, -0.25) is 0 Å². The first kappa shape index (κ1) is 17.4. The van der Waals surface area contributed by atoms with Gasteiger partial charge in [0.1, 0.15) is 0 Å². The van der Waals surface area contributed by atoms with Gasteiger partial charge in [0.2, 0.25) is 0 Å². The van der Waals surface area contributed by atoms with E-state index < -0.39 is 13.4 Å². The summed E-state index contributed by atoms with van der Waals surface area (Å²) in [6, 6.07) is 0. The number of piperidine rings is 1. The maximum atomic E-state index is 12.2. The minimum atomic E-state index is -4.70. The molecular formula is C9H18BF3KNO. The Morgan fingerprint density at radius 3 is 2.62 bits per heavy atom. The molecule has 90 valence electrons. The van der Waals surface area contributed by atoms with Gasteiger partial charge in [-0.1, -0.05) is 6.92 Å². The van der Waals surface area contributed by atoms with Crippen LogP contribution in [0.1, 0.15) is 26.2 Å². The van der Waals surface area contributed by atoms with Crippen LogP contribution in [0.3, 0.4) is 0 Å². The summed E-state index contributed by atoms with van der Waals surface area (Å²) in [6.07, 6.45) is 1.87. The molecule has 0 aromatic rings. The molecule has 16 heavy (non-hydrogen) atoms. The maximum absolute atomic E-state index is 12.2. The monoisotopic (exact) mass is 263 g/mol. The Morgan fingerprint density at radius 2 is 2.06 bits per heavy atom. The van der Waals surface area contributed by atoms with E-state index in [0.717, 1.165) is 19.3 Å². The average Bonchev–Trinajstić information content (AvgIpc) is 2.12. The summed E-state index contributed by atoms with van der Waals surface area (Å²) in [6.45, 7) is -1.07. The van der Waals surface area contributed by atoms with Crippen LogP contribution in [0.25, 0.3) is 0 Å². The molecule has 1 unspecified atom stereocenters. The number of likely N-dealkylation sites (tertiary alicyclic amines) is 1. The molecule has 1 saturated heterocycles. The van der Waals surface area contributed by atoms with Gasteiger partial charge in [0.15, 0.2) is 0 Å². The van der Waals surface area contributed by atoms with Crippen LogP contribution < -0.4 is 51.4 Å². The van der Waals surface area contributed by atoms with Crippen LogP contribution in [0, 0.1) is 0 Å². The fourth-order valence-corrected chi connectivity index (χ4v) is 1.89. The number of rotatable bonds is 5. The molecule has 1 rings (SSSR count). The first-order valence-electron chi connectivity index (χ1n) is 5.56. The second-order valence-electron chi connectivity index (χ2n) is 4.10. The standard InChI is InChI=1S/C9H18BF3NO.K/c1-2-6-15-9-4-3-5-14(7-9)8-10(11,12)13;/h9H,2-8H2,1H3;/q-1;+1. The molecule has 1 aliphatic rings. The molecule has 1 aliphatic heterocycles. The van der Waals surface area contributed by atoms with E-state index in [4.69, 9.17) is 4.74 Å². The van der Waals surface area contributed by atoms with Crippen molar-refractivity contribution in [3.05, 3.63) is 0 Å². The van der Waals surface area contributed by atoms with Gasteiger partial charge >= 0.3 is 58.4 Å². The van der Waals surface area contributed by atoms with E-state index in [0.29, 0.717) is 19.7 Å². The first-order valence-corrected chi connectivity index (χ1v) is 5.56. The predicted molar refractivity (Wildman–Crippen MR) is 54.8 cm³/mol. The van der Waals surface area contributed by atoms with Crippen molar-refractivity contribution in [1.29, 1.82) is 0 Å². The summed E-state index contributed by atoms with van der Waals surface area (Å²) >= 11 is 0. The van der Waals surface area contributed by atoms with Gasteiger partial charge in [0.05, 0.1) is 6.10 Å². The predicted octanol–water partition coefficient (Wildman–Crippen LogP) is -0.732. The molecule has 1 heterocycles. The van der Waals surface area contributed by atoms with E-state index in [2.05, 4.69) is 0 Å². The summed E-state index contributed by atoms with van der Waals surface area (Å²) in [5.74, 6) is 0. The molecule has 0 aliphatic carbocycles. The Kier molecular flexibility index (Phi) is 9.25. The van der Waals surface area contributed by atoms with Gasteiger partial charge in [0, 0.05) is 13.2 Å². The summed E-state index contributed by atoms with van der Waals surface area (Å²) in [5, 5.41) is 0. The smallest absolute Gasteiger partial charge is 0.448 e. The van der Waals surface area contributed by atoms with E-state index in [9.17, 15) is 12.9 Å². The van der Waals surface area contributed by atoms with Gasteiger partial charge in [-0.25, -0.2) is 0 Å². The molecular weight excluding hydrogens is 245 g/mol. The third kappa shape index (κ3) is 7.68. The van der Waals surface area contributed by atoms with E-state index >= 15 is 0 Å². The van der Waals surface area contributed by atoms with E-state index in [1.807, 2.05) is 6.92 Å². The van der Waals surface area contributed by atoms with Crippen molar-refractivity contribution >= 4 is 6.98 Å². The zero-order chi connectivity index (χ0) is 11.3. The summed E-state index contributed by atoms with van der Waals surface area (Å²) < 4.78 is 42.1. The van der Waals surface area contributed by atoms with Crippen LogP contribution in [0.5, 0.6) is 0 Å². The summed E-state index contributed by atoms with van der Waals surface area (Å²) in [5.41, 5.74) is 0. The van der Waals surface area contributed by atoms with Crippen LogP contribution in [-0.2, 0) is 4.74 Å². The van der Waals surface area contributed by atoms with Crippen molar-refractivity contribution < 1.29 is 69.1 Å². The Labute approximate surface area is 138 Å². The molecule has 0 radical (unpaired) electrons. The molecule has 0 N–H and O–H groups in total. The van der Waals surface area contributed by atoms with Crippen LogP contribution in [0.15, 0.2) is 0 Å². The summed E-state index contributed by atoms with van der Waals surface area (Å²) in [4.78, 5) is 1.46. The number of ether oxygens (including phenoxy) is 1. The van der Waals surface area contributed by atoms with E-state index in [-0.39, 0.29) is 57.5 Å². The topological polar surface area (TPSA) is 12.5 Å². The van der Waals surface area contributed by atoms with Crippen molar-refractivity contribution in [2.24, 2.45) is 0 Å². The molecule has 2 nitrogen and oxygen atoms in total. The number of hydrogen-bond acceptors (Lipinski definition) is 2. The average molecular weight is 263 g/mol. The SMILES string of the molecule is CCCOC1CCCN(C[B-](F)(F)F)C1.[K+]. The van der Waals surface area contributed by atoms with Crippen molar-refractivity contribution in [3.63, 3.8) is 0 Å². The Bertz CT molecular complexity index is 194. The van der Waals surface area contributed by atoms with E-state index in [1.165, 1.54) is 4.90 Å². The maximum Gasteiger partial charge on any atom is 1.00 e. The molecule has 0 aromatic carbocycles. The fraction of sp³-hybridized carbons (Fsp3) is 1.00. The number of nitrogens with zero attached hydrogens (tertiary/aromatic N) is 1.